The predicted octanol–water partition coefficient (Wildman–Crippen LogP) is 4.28. The topological polar surface area (TPSA) is 64.6 Å². The van der Waals surface area contributed by atoms with Crippen molar-refractivity contribution in [1.82, 2.24) is 5.32 Å². The zero-order valence-electron chi connectivity index (χ0n) is 13.7. The first-order valence-corrected chi connectivity index (χ1v) is 8.63. The molecule has 2 aromatic carbocycles. The zero-order chi connectivity index (χ0) is 18.4. The predicted molar refractivity (Wildman–Crippen MR) is 99.0 cm³/mol. The van der Waals surface area contributed by atoms with Gasteiger partial charge < -0.3 is 14.8 Å². The molecule has 0 heterocycles. The number of nitrogens with one attached hydrogen (secondary N) is 1. The maximum atomic E-state index is 12.3. The van der Waals surface area contributed by atoms with Gasteiger partial charge >= 0.3 is 5.97 Å². The van der Waals surface area contributed by atoms with Crippen LogP contribution in [-0.2, 0) is 9.59 Å². The number of halogens is 2. The van der Waals surface area contributed by atoms with Crippen molar-refractivity contribution in [1.29, 1.82) is 0 Å². The Morgan fingerprint density at radius 1 is 1.20 bits per heavy atom. The SMILES string of the molecule is COc1ccc(C(CC(=O)Oc2ccc(Br)cc2Cl)NC(C)=O)cc1. The molecule has 2 aromatic rings. The number of esters is 1. The number of carbonyl (C=O) groups is 2. The minimum Gasteiger partial charge on any atom is -0.497 e. The van der Waals surface area contributed by atoms with Crippen LogP contribution in [-0.4, -0.2) is 19.0 Å². The highest BCUT2D eigenvalue weighted by Crippen LogP contribution is 2.29. The van der Waals surface area contributed by atoms with Crippen molar-refractivity contribution < 1.29 is 19.1 Å². The average molecular weight is 427 g/mol. The van der Waals surface area contributed by atoms with Crippen LogP contribution in [0.15, 0.2) is 46.9 Å². The molecule has 0 spiro atoms. The molecule has 0 fully saturated rings. The van der Waals surface area contributed by atoms with Gasteiger partial charge in [-0.1, -0.05) is 39.7 Å². The number of hydrogen-bond acceptors (Lipinski definition) is 4. The van der Waals surface area contributed by atoms with Gasteiger partial charge in [0.05, 0.1) is 24.6 Å². The Labute approximate surface area is 159 Å². The second-order valence-electron chi connectivity index (χ2n) is 5.28. The number of ether oxygens (including phenoxy) is 2. The van der Waals surface area contributed by atoms with Gasteiger partial charge in [-0.15, -0.1) is 0 Å². The standard InChI is InChI=1S/C18H17BrClNO4/c1-11(22)21-16(12-3-6-14(24-2)7-4-12)10-18(23)25-17-8-5-13(19)9-15(17)20/h3-9,16H,10H2,1-2H3,(H,21,22). The minimum atomic E-state index is -0.509. The van der Waals surface area contributed by atoms with Crippen molar-refractivity contribution in [3.63, 3.8) is 0 Å². The van der Waals surface area contributed by atoms with Crippen molar-refractivity contribution in [3.05, 3.63) is 57.5 Å². The van der Waals surface area contributed by atoms with E-state index in [1.165, 1.54) is 6.92 Å². The van der Waals surface area contributed by atoms with Gasteiger partial charge in [0.25, 0.3) is 0 Å². The fourth-order valence-electron chi connectivity index (χ4n) is 2.22. The molecular formula is C18H17BrClNO4. The highest BCUT2D eigenvalue weighted by molar-refractivity contribution is 9.10. The lowest BCUT2D eigenvalue weighted by Crippen LogP contribution is -2.29. The number of hydrogen-bond donors (Lipinski definition) is 1. The Morgan fingerprint density at radius 3 is 2.44 bits per heavy atom. The van der Waals surface area contributed by atoms with E-state index in [1.807, 2.05) is 0 Å². The fourth-order valence-corrected chi connectivity index (χ4v) is 2.93. The van der Waals surface area contributed by atoms with Crippen LogP contribution in [0.2, 0.25) is 5.02 Å². The molecular weight excluding hydrogens is 410 g/mol. The first-order chi connectivity index (χ1) is 11.9. The van der Waals surface area contributed by atoms with Crippen LogP contribution in [0.5, 0.6) is 11.5 Å². The van der Waals surface area contributed by atoms with E-state index in [0.29, 0.717) is 10.8 Å². The summed E-state index contributed by atoms with van der Waals surface area (Å²) in [4.78, 5) is 23.7. The van der Waals surface area contributed by atoms with Gasteiger partial charge in [-0.05, 0) is 35.9 Å². The van der Waals surface area contributed by atoms with Gasteiger partial charge in [0.1, 0.15) is 11.5 Å². The van der Waals surface area contributed by atoms with Crippen LogP contribution >= 0.6 is 27.5 Å². The fraction of sp³-hybridized carbons (Fsp3) is 0.222. The molecule has 0 aromatic heterocycles. The van der Waals surface area contributed by atoms with E-state index in [9.17, 15) is 9.59 Å². The number of carbonyl (C=O) groups excluding carboxylic acids is 2. The largest absolute Gasteiger partial charge is 0.497 e. The monoisotopic (exact) mass is 425 g/mol. The van der Waals surface area contributed by atoms with E-state index in [-0.39, 0.29) is 18.1 Å². The molecule has 7 heteroatoms. The molecule has 1 unspecified atom stereocenters. The molecule has 0 aliphatic rings. The lowest BCUT2D eigenvalue weighted by atomic mass is 10.0. The Morgan fingerprint density at radius 2 is 1.88 bits per heavy atom. The van der Waals surface area contributed by atoms with Crippen molar-refractivity contribution >= 4 is 39.4 Å². The van der Waals surface area contributed by atoms with Crippen LogP contribution in [0, 0.1) is 0 Å². The molecule has 0 aliphatic heterocycles. The first-order valence-electron chi connectivity index (χ1n) is 7.46. The van der Waals surface area contributed by atoms with Crippen molar-refractivity contribution in [2.45, 2.75) is 19.4 Å². The van der Waals surface area contributed by atoms with Crippen molar-refractivity contribution in [2.24, 2.45) is 0 Å². The van der Waals surface area contributed by atoms with Crippen LogP contribution < -0.4 is 14.8 Å². The zero-order valence-corrected chi connectivity index (χ0v) is 16.1. The Balaban J connectivity index is 2.12. The third-order valence-corrected chi connectivity index (χ3v) is 4.17. The Bertz CT molecular complexity index is 764. The van der Waals surface area contributed by atoms with Crippen molar-refractivity contribution in [2.75, 3.05) is 7.11 Å². The van der Waals surface area contributed by atoms with Crippen LogP contribution in [0.1, 0.15) is 24.9 Å². The summed E-state index contributed by atoms with van der Waals surface area (Å²) >= 11 is 9.34. The lowest BCUT2D eigenvalue weighted by molar-refractivity contribution is -0.135. The Kier molecular flexibility index (Phi) is 6.84. The summed E-state index contributed by atoms with van der Waals surface area (Å²) in [7, 11) is 1.57. The van der Waals surface area contributed by atoms with E-state index in [2.05, 4.69) is 21.2 Å². The summed E-state index contributed by atoms with van der Waals surface area (Å²) in [6, 6.07) is 11.6. The minimum absolute atomic E-state index is 0.0295. The molecule has 0 aliphatic carbocycles. The lowest BCUT2D eigenvalue weighted by Gasteiger charge is -2.18. The maximum absolute atomic E-state index is 12.3. The highest BCUT2D eigenvalue weighted by Gasteiger charge is 2.19. The van der Waals surface area contributed by atoms with E-state index < -0.39 is 12.0 Å². The molecule has 1 amide bonds. The summed E-state index contributed by atoms with van der Waals surface area (Å²) in [5.74, 6) is 0.217. The number of methoxy groups -OCH3 is 1. The molecule has 0 bridgehead atoms. The van der Waals surface area contributed by atoms with Crippen molar-refractivity contribution in [3.8, 4) is 11.5 Å². The van der Waals surface area contributed by atoms with Gasteiger partial charge in [-0.2, -0.15) is 0 Å². The van der Waals surface area contributed by atoms with Gasteiger partial charge in [-0.3, -0.25) is 9.59 Å². The molecule has 1 atom stereocenters. The molecule has 5 nitrogen and oxygen atoms in total. The quantitative estimate of drug-likeness (QED) is 0.553. The van der Waals surface area contributed by atoms with Gasteiger partial charge in [0.15, 0.2) is 0 Å². The maximum Gasteiger partial charge on any atom is 0.313 e. The molecule has 0 radical (unpaired) electrons. The van der Waals surface area contributed by atoms with E-state index in [0.717, 1.165) is 10.0 Å². The second-order valence-corrected chi connectivity index (χ2v) is 6.60. The molecule has 2 rings (SSSR count). The van der Waals surface area contributed by atoms with Gasteiger partial charge in [0, 0.05) is 11.4 Å². The molecule has 1 N–H and O–H groups in total. The molecule has 25 heavy (non-hydrogen) atoms. The molecule has 0 saturated heterocycles. The molecule has 0 saturated carbocycles. The van der Waals surface area contributed by atoms with Crippen LogP contribution in [0.4, 0.5) is 0 Å². The third kappa shape index (κ3) is 5.76. The number of amides is 1. The number of benzene rings is 2. The normalized spacial score (nSPS) is 11.5. The van der Waals surface area contributed by atoms with E-state index in [4.69, 9.17) is 21.1 Å². The summed E-state index contributed by atoms with van der Waals surface area (Å²) in [5.41, 5.74) is 0.773. The third-order valence-electron chi connectivity index (χ3n) is 3.38. The second kappa shape index (κ2) is 8.87. The van der Waals surface area contributed by atoms with Crippen LogP contribution in [0.25, 0.3) is 0 Å². The first kappa shape index (κ1) is 19.3. The van der Waals surface area contributed by atoms with E-state index >= 15 is 0 Å². The average Bonchev–Trinajstić information content (AvgIpc) is 2.56. The van der Waals surface area contributed by atoms with Crippen LogP contribution in [0.3, 0.4) is 0 Å². The summed E-state index contributed by atoms with van der Waals surface area (Å²) in [6.07, 6.45) is -0.0295. The summed E-state index contributed by atoms with van der Waals surface area (Å²) in [5, 5.41) is 3.08. The Hall–Kier alpha value is -2.05. The highest BCUT2D eigenvalue weighted by atomic mass is 79.9. The summed E-state index contributed by atoms with van der Waals surface area (Å²) in [6.45, 7) is 1.40. The molecule has 132 valence electrons. The smallest absolute Gasteiger partial charge is 0.313 e. The van der Waals surface area contributed by atoms with E-state index in [1.54, 1.807) is 49.6 Å². The van der Waals surface area contributed by atoms with Gasteiger partial charge in [0.2, 0.25) is 5.91 Å². The van der Waals surface area contributed by atoms with Gasteiger partial charge in [-0.25, -0.2) is 0 Å². The number of rotatable bonds is 6. The summed E-state index contributed by atoms with van der Waals surface area (Å²) < 4.78 is 11.2.